The maximum Gasteiger partial charge on any atom is 0.222 e. The van der Waals surface area contributed by atoms with Gasteiger partial charge in [0.2, 0.25) is 17.7 Å². The molecule has 3 amide bonds. The highest BCUT2D eigenvalue weighted by molar-refractivity contribution is 5.76. The van der Waals surface area contributed by atoms with Gasteiger partial charge in [-0.05, 0) is 50.4 Å². The van der Waals surface area contributed by atoms with E-state index < -0.39 is 6.10 Å². The molecule has 0 bridgehead atoms. The van der Waals surface area contributed by atoms with E-state index in [-0.39, 0.29) is 44.0 Å². The van der Waals surface area contributed by atoms with Crippen molar-refractivity contribution >= 4 is 17.7 Å². The molecule has 11 nitrogen and oxygen atoms in total. The third-order valence-electron chi connectivity index (χ3n) is 15.7. The predicted octanol–water partition coefficient (Wildman–Crippen LogP) is 18.0. The third kappa shape index (κ3) is 70.5. The van der Waals surface area contributed by atoms with Gasteiger partial charge in [-0.1, -0.05) is 279 Å². The number of carbonyl (C=O) groups excluding carboxylic acids is 3. The second-order valence-corrected chi connectivity index (χ2v) is 23.9. The molecule has 0 aliphatic rings. The van der Waals surface area contributed by atoms with Crippen molar-refractivity contribution in [3.05, 3.63) is 0 Å². The molecule has 0 aromatic rings. The zero-order valence-corrected chi connectivity index (χ0v) is 54.9. The van der Waals surface area contributed by atoms with Crippen molar-refractivity contribution in [1.29, 1.82) is 0 Å². The van der Waals surface area contributed by atoms with Gasteiger partial charge in [-0.3, -0.25) is 14.4 Å². The number of amides is 3. The summed E-state index contributed by atoms with van der Waals surface area (Å²) in [5.74, 6) is 2.15. The second kappa shape index (κ2) is 71.5. The van der Waals surface area contributed by atoms with E-state index in [9.17, 15) is 24.6 Å². The Hall–Kier alpha value is -1.79. The summed E-state index contributed by atoms with van der Waals surface area (Å²) < 4.78 is 15.6. The van der Waals surface area contributed by atoms with Crippen LogP contribution in [0.3, 0.4) is 0 Å². The van der Waals surface area contributed by atoms with Crippen LogP contribution in [0.5, 0.6) is 0 Å². The minimum Gasteiger partial charge on any atom is -0.395 e. The molecule has 0 aromatic heterocycles. The maximum absolute atomic E-state index is 12.7. The number of carbonyl (C=O) groups is 3. The lowest BCUT2D eigenvalue weighted by Gasteiger charge is -2.24. The zero-order valence-electron chi connectivity index (χ0n) is 54.9. The first-order chi connectivity index (χ1) is 39.1. The van der Waals surface area contributed by atoms with Crippen molar-refractivity contribution in [2.45, 2.75) is 343 Å². The van der Waals surface area contributed by atoms with Gasteiger partial charge in [-0.15, -0.1) is 0 Å². The quantitative estimate of drug-likeness (QED) is 0.0440. The van der Waals surface area contributed by atoms with E-state index in [2.05, 4.69) is 52.2 Å². The number of hydrogen-bond donors (Lipinski definition) is 4. The van der Waals surface area contributed by atoms with Crippen LogP contribution in [0.2, 0.25) is 0 Å². The average Bonchev–Trinajstić information content (AvgIpc) is 3.45. The number of aliphatic hydroxyl groups excluding tert-OH is 2. The van der Waals surface area contributed by atoms with Gasteiger partial charge in [0, 0.05) is 79.5 Å². The van der Waals surface area contributed by atoms with Gasteiger partial charge in [-0.25, -0.2) is 0 Å². The van der Waals surface area contributed by atoms with Crippen molar-refractivity contribution in [2.75, 3.05) is 73.4 Å². The Kier molecular flexibility index (Phi) is 73.6. The van der Waals surface area contributed by atoms with Crippen LogP contribution in [0.15, 0.2) is 0 Å². The van der Waals surface area contributed by atoms with Crippen LogP contribution in [0.25, 0.3) is 0 Å². The fourth-order valence-corrected chi connectivity index (χ4v) is 10.0. The summed E-state index contributed by atoms with van der Waals surface area (Å²) >= 11 is 0. The van der Waals surface area contributed by atoms with Gasteiger partial charge in [-0.2, -0.15) is 0 Å². The Morgan fingerprint density at radius 1 is 0.425 bits per heavy atom. The molecular weight excluding hydrogens is 999 g/mol. The monoisotopic (exact) mass is 1140 g/mol. The van der Waals surface area contributed by atoms with Crippen molar-refractivity contribution in [3.8, 4) is 0 Å². The zero-order chi connectivity index (χ0) is 59.5. The normalized spacial score (nSPS) is 12.3. The first-order valence-electron chi connectivity index (χ1n) is 34.7. The Morgan fingerprint density at radius 2 is 0.775 bits per heavy atom. The van der Waals surface area contributed by atoms with Crippen LogP contribution in [-0.4, -0.2) is 112 Å². The molecule has 0 radical (unpaired) electrons. The molecule has 0 rings (SSSR count). The number of unbranched alkanes of at least 4 members (excludes halogenated alkanes) is 32. The molecule has 0 saturated carbocycles. The average molecular weight is 1140 g/mol. The van der Waals surface area contributed by atoms with Crippen LogP contribution >= 0.6 is 0 Å². The highest BCUT2D eigenvalue weighted by Crippen LogP contribution is 2.18. The van der Waals surface area contributed by atoms with Crippen molar-refractivity contribution in [1.82, 2.24) is 15.5 Å². The predicted molar refractivity (Wildman–Crippen MR) is 344 cm³/mol. The lowest BCUT2D eigenvalue weighted by atomic mass is 9.97. The van der Waals surface area contributed by atoms with Crippen LogP contribution in [0.4, 0.5) is 0 Å². The molecule has 0 aliphatic carbocycles. The SMILES string of the molecule is CCC(C)CCCCCCC(=O)NCCCOC.CCCCC(C)CCCCCCC(=O)NCCCOC.CCCCCCCCCCCCCCCCOCC(O)CN(CCO)C(=O)CCCCCCCCCCCCCCC. The topological polar surface area (TPSA) is 147 Å². The summed E-state index contributed by atoms with van der Waals surface area (Å²) in [5.41, 5.74) is 0. The molecule has 3 unspecified atom stereocenters. The summed E-state index contributed by atoms with van der Waals surface area (Å²) in [4.78, 5) is 37.2. The molecule has 0 heterocycles. The molecule has 3 atom stereocenters. The molecule has 0 fully saturated rings. The summed E-state index contributed by atoms with van der Waals surface area (Å²) in [7, 11) is 3.37. The highest BCUT2D eigenvalue weighted by Gasteiger charge is 2.17. The molecule has 0 aromatic carbocycles. The number of nitrogens with zero attached hydrogens (tertiary/aromatic N) is 1. The van der Waals surface area contributed by atoms with Gasteiger partial charge in [0.05, 0.1) is 19.3 Å². The molecule has 4 N–H and O–H groups in total. The fraction of sp³-hybridized carbons (Fsp3) is 0.957. The number of methoxy groups -OCH3 is 2. The second-order valence-electron chi connectivity index (χ2n) is 23.9. The first kappa shape index (κ1) is 82.4. The molecule has 0 aliphatic heterocycles. The van der Waals surface area contributed by atoms with Gasteiger partial charge < -0.3 is 40.0 Å². The number of hydrogen-bond acceptors (Lipinski definition) is 8. The van der Waals surface area contributed by atoms with E-state index in [0.29, 0.717) is 25.9 Å². The van der Waals surface area contributed by atoms with E-state index in [0.717, 1.165) is 83.1 Å². The van der Waals surface area contributed by atoms with E-state index in [1.807, 2.05) is 0 Å². The largest absolute Gasteiger partial charge is 0.395 e. The Bertz CT molecular complexity index is 1210. The van der Waals surface area contributed by atoms with Gasteiger partial charge in [0.1, 0.15) is 0 Å². The Labute approximate surface area is 498 Å². The van der Waals surface area contributed by atoms with Gasteiger partial charge >= 0.3 is 0 Å². The standard InChI is InChI=1S/C37H75NO4.C17H35NO2.C15H31NO2/c1-3-5-7-9-11-13-15-17-19-21-23-25-27-29-33-42-35-36(40)34-38(31-32-39)37(41)30-28-26-24-22-20-18-16-14-12-10-8-6-4-2;1-4-5-11-16(2)12-8-6-7-9-13-17(19)18-14-10-15-20-3;1-4-14(2)10-7-5-6-8-11-15(17)16-12-9-13-18-3/h36,39-40H,3-35H2,1-2H3;16H,4-15H2,1-3H3,(H,18,19);14H,4-13H2,1-3H3,(H,16,17). The van der Waals surface area contributed by atoms with E-state index in [4.69, 9.17) is 14.2 Å². The minimum absolute atomic E-state index is 0.0400. The molecule has 80 heavy (non-hydrogen) atoms. The lowest BCUT2D eigenvalue weighted by molar-refractivity contribution is -0.134. The van der Waals surface area contributed by atoms with Crippen molar-refractivity contribution in [3.63, 3.8) is 0 Å². The molecule has 11 heteroatoms. The molecule has 480 valence electrons. The Balaban J connectivity index is -0.00000129. The number of ether oxygens (including phenoxy) is 3. The fourth-order valence-electron chi connectivity index (χ4n) is 10.0. The smallest absolute Gasteiger partial charge is 0.222 e. The summed E-state index contributed by atoms with van der Waals surface area (Å²) in [6, 6.07) is 0. The van der Waals surface area contributed by atoms with Crippen LogP contribution < -0.4 is 10.6 Å². The van der Waals surface area contributed by atoms with E-state index in [1.54, 1.807) is 19.1 Å². The number of rotatable bonds is 61. The minimum atomic E-state index is -0.696. The summed E-state index contributed by atoms with van der Waals surface area (Å²) in [5, 5.41) is 25.6. The lowest BCUT2D eigenvalue weighted by Crippen LogP contribution is -2.40. The van der Waals surface area contributed by atoms with E-state index >= 15 is 0 Å². The Morgan fingerprint density at radius 3 is 1.16 bits per heavy atom. The first-order valence-corrected chi connectivity index (χ1v) is 34.7. The number of nitrogens with one attached hydrogen (secondary N) is 2. The third-order valence-corrected chi connectivity index (χ3v) is 15.7. The summed E-state index contributed by atoms with van der Waals surface area (Å²) in [6.07, 6.45) is 56.0. The van der Waals surface area contributed by atoms with Crippen LogP contribution in [0.1, 0.15) is 337 Å². The van der Waals surface area contributed by atoms with Crippen LogP contribution in [-0.2, 0) is 28.6 Å². The summed E-state index contributed by atoms with van der Waals surface area (Å²) in [6.45, 7) is 18.0. The van der Waals surface area contributed by atoms with Gasteiger partial charge in [0.25, 0.3) is 0 Å². The van der Waals surface area contributed by atoms with E-state index in [1.165, 1.54) is 231 Å². The number of aliphatic hydroxyl groups is 2. The van der Waals surface area contributed by atoms with Crippen molar-refractivity contribution < 1.29 is 38.8 Å². The van der Waals surface area contributed by atoms with Gasteiger partial charge in [0.15, 0.2) is 0 Å². The molecular formula is C69H141N3O8. The van der Waals surface area contributed by atoms with Crippen LogP contribution in [0, 0.1) is 11.8 Å². The maximum atomic E-state index is 12.7. The highest BCUT2D eigenvalue weighted by atomic mass is 16.5. The van der Waals surface area contributed by atoms with Crippen molar-refractivity contribution in [2.24, 2.45) is 11.8 Å². The molecule has 0 saturated heterocycles. The molecule has 0 spiro atoms.